The van der Waals surface area contributed by atoms with Gasteiger partial charge in [-0.15, -0.1) is 0 Å². The van der Waals surface area contributed by atoms with Crippen LogP contribution in [-0.2, 0) is 7.05 Å². The molecule has 7 heteroatoms. The molecule has 1 unspecified atom stereocenters. The van der Waals surface area contributed by atoms with E-state index in [1.807, 2.05) is 39.1 Å². The average Bonchev–Trinajstić information content (AvgIpc) is 3.31. The summed E-state index contributed by atoms with van der Waals surface area (Å²) in [6.07, 6.45) is 5.33. The van der Waals surface area contributed by atoms with Gasteiger partial charge in [0.25, 0.3) is 5.91 Å². The van der Waals surface area contributed by atoms with Crippen LogP contribution < -0.4 is 5.32 Å². The van der Waals surface area contributed by atoms with Gasteiger partial charge in [0.05, 0.1) is 29.3 Å². The molecule has 4 heterocycles. The van der Waals surface area contributed by atoms with Gasteiger partial charge in [0.15, 0.2) is 5.65 Å². The number of pyridine rings is 1. The Bertz CT molecular complexity index is 971. The fourth-order valence-electron chi connectivity index (χ4n) is 4.07. The van der Waals surface area contributed by atoms with E-state index in [4.69, 9.17) is 4.42 Å². The molecular weight excluding hydrogens is 354 g/mol. The van der Waals surface area contributed by atoms with Crippen molar-refractivity contribution in [1.29, 1.82) is 0 Å². The predicted octanol–water partition coefficient (Wildman–Crippen LogP) is 3.14. The number of aromatic nitrogens is 3. The van der Waals surface area contributed by atoms with Gasteiger partial charge in [-0.25, -0.2) is 4.98 Å². The number of carbonyl (C=O) groups is 1. The van der Waals surface area contributed by atoms with Crippen LogP contribution in [0.15, 0.2) is 28.9 Å². The number of hydrogen-bond acceptors (Lipinski definition) is 5. The smallest absolute Gasteiger partial charge is 0.253 e. The van der Waals surface area contributed by atoms with Crippen molar-refractivity contribution in [3.63, 3.8) is 0 Å². The highest BCUT2D eigenvalue weighted by Crippen LogP contribution is 2.25. The molecule has 1 aliphatic heterocycles. The molecule has 1 saturated heterocycles. The van der Waals surface area contributed by atoms with Crippen molar-refractivity contribution >= 4 is 16.9 Å². The molecule has 1 atom stereocenters. The van der Waals surface area contributed by atoms with Gasteiger partial charge in [0.2, 0.25) is 0 Å². The second-order valence-electron chi connectivity index (χ2n) is 7.54. The number of furan rings is 1. The summed E-state index contributed by atoms with van der Waals surface area (Å²) in [4.78, 5) is 20.0. The Morgan fingerprint density at radius 3 is 2.75 bits per heavy atom. The molecule has 0 saturated carbocycles. The molecule has 1 fully saturated rings. The van der Waals surface area contributed by atoms with Crippen LogP contribution in [-0.4, -0.2) is 45.2 Å². The first-order valence-corrected chi connectivity index (χ1v) is 9.91. The molecule has 0 aromatic carbocycles. The van der Waals surface area contributed by atoms with Gasteiger partial charge in [-0.2, -0.15) is 5.10 Å². The molecule has 1 amide bonds. The monoisotopic (exact) mass is 381 g/mol. The molecule has 0 bridgehead atoms. The molecule has 1 aliphatic rings. The Hall–Kier alpha value is -2.67. The zero-order valence-electron chi connectivity index (χ0n) is 16.7. The van der Waals surface area contributed by atoms with Crippen LogP contribution in [0.4, 0.5) is 0 Å². The van der Waals surface area contributed by atoms with E-state index in [0.29, 0.717) is 17.8 Å². The lowest BCUT2D eigenvalue weighted by molar-refractivity contribution is 0.0913. The van der Waals surface area contributed by atoms with Crippen LogP contribution in [0, 0.1) is 13.8 Å². The quantitative estimate of drug-likeness (QED) is 0.735. The van der Waals surface area contributed by atoms with Gasteiger partial charge in [-0.05, 0) is 58.0 Å². The molecule has 4 rings (SSSR count). The van der Waals surface area contributed by atoms with E-state index in [1.165, 1.54) is 19.3 Å². The van der Waals surface area contributed by atoms with Crippen LogP contribution in [0.1, 0.15) is 52.8 Å². The van der Waals surface area contributed by atoms with Crippen molar-refractivity contribution in [1.82, 2.24) is 25.0 Å². The Labute approximate surface area is 164 Å². The van der Waals surface area contributed by atoms with Crippen LogP contribution in [0.5, 0.6) is 0 Å². The lowest BCUT2D eigenvalue weighted by Gasteiger charge is -2.33. The fraction of sp³-hybridized carbons (Fsp3) is 0.476. The molecule has 0 aliphatic carbocycles. The van der Waals surface area contributed by atoms with Crippen molar-refractivity contribution in [3.8, 4) is 0 Å². The number of rotatable bonds is 5. The molecule has 7 nitrogen and oxygen atoms in total. The Morgan fingerprint density at radius 1 is 1.25 bits per heavy atom. The number of nitrogens with one attached hydrogen (secondary N) is 1. The standard InChI is InChI=1S/C21H27N5O2/c1-14-17(12-16-15(2)24-25(3)20(16)23-14)21(27)22-13-18(19-8-7-11-28-19)26-9-5-4-6-10-26/h7-8,11-12,18H,4-6,9-10,13H2,1-3H3,(H,22,27). The third kappa shape index (κ3) is 3.54. The normalized spacial score (nSPS) is 16.4. The van der Waals surface area contributed by atoms with Gasteiger partial charge in [-0.3, -0.25) is 14.4 Å². The summed E-state index contributed by atoms with van der Waals surface area (Å²) in [7, 11) is 1.87. The van der Waals surface area contributed by atoms with E-state index in [2.05, 4.69) is 20.3 Å². The Morgan fingerprint density at radius 2 is 2.04 bits per heavy atom. The van der Waals surface area contributed by atoms with Gasteiger partial charge in [-0.1, -0.05) is 6.42 Å². The third-order valence-electron chi connectivity index (χ3n) is 5.59. The molecule has 1 N–H and O–H groups in total. The maximum absolute atomic E-state index is 13.0. The van der Waals surface area contributed by atoms with Gasteiger partial charge in [0, 0.05) is 19.0 Å². The predicted molar refractivity (Wildman–Crippen MR) is 107 cm³/mol. The summed E-state index contributed by atoms with van der Waals surface area (Å²) in [5, 5.41) is 8.43. The first-order chi connectivity index (χ1) is 13.5. The third-order valence-corrected chi connectivity index (χ3v) is 5.59. The minimum absolute atomic E-state index is 0.0522. The zero-order chi connectivity index (χ0) is 19.7. The van der Waals surface area contributed by atoms with Crippen molar-refractivity contribution in [2.75, 3.05) is 19.6 Å². The summed E-state index contributed by atoms with van der Waals surface area (Å²) in [6.45, 7) is 6.37. The fourth-order valence-corrected chi connectivity index (χ4v) is 4.07. The lowest BCUT2D eigenvalue weighted by Crippen LogP contribution is -2.40. The van der Waals surface area contributed by atoms with Crippen LogP contribution >= 0.6 is 0 Å². The van der Waals surface area contributed by atoms with E-state index in [-0.39, 0.29) is 11.9 Å². The molecule has 28 heavy (non-hydrogen) atoms. The molecular formula is C21H27N5O2. The summed E-state index contributed by atoms with van der Waals surface area (Å²) in [5.74, 6) is 0.791. The Kier molecular flexibility index (Phi) is 5.17. The number of amides is 1. The first-order valence-electron chi connectivity index (χ1n) is 9.91. The second-order valence-corrected chi connectivity index (χ2v) is 7.54. The molecule has 3 aromatic rings. The van der Waals surface area contributed by atoms with Crippen molar-refractivity contribution in [2.45, 2.75) is 39.2 Å². The number of nitrogens with zero attached hydrogens (tertiary/aromatic N) is 4. The van der Waals surface area contributed by atoms with E-state index in [0.717, 1.165) is 35.6 Å². The maximum Gasteiger partial charge on any atom is 0.253 e. The molecule has 0 radical (unpaired) electrons. The number of hydrogen-bond donors (Lipinski definition) is 1. The molecule has 3 aromatic heterocycles. The highest BCUT2D eigenvalue weighted by atomic mass is 16.3. The van der Waals surface area contributed by atoms with Crippen molar-refractivity contribution < 1.29 is 9.21 Å². The minimum Gasteiger partial charge on any atom is -0.468 e. The van der Waals surface area contributed by atoms with Gasteiger partial charge < -0.3 is 9.73 Å². The number of fused-ring (bicyclic) bond motifs is 1. The topological polar surface area (TPSA) is 76.2 Å². The first kappa shape index (κ1) is 18.7. The molecule has 148 valence electrons. The van der Waals surface area contributed by atoms with Crippen LogP contribution in [0.25, 0.3) is 11.0 Å². The summed E-state index contributed by atoms with van der Waals surface area (Å²) in [6, 6.07) is 5.85. The number of likely N-dealkylation sites (tertiary alicyclic amines) is 1. The summed E-state index contributed by atoms with van der Waals surface area (Å²) in [5.41, 5.74) is 2.98. The highest BCUT2D eigenvalue weighted by Gasteiger charge is 2.25. The number of piperidine rings is 1. The summed E-state index contributed by atoms with van der Waals surface area (Å²) >= 11 is 0. The van der Waals surface area contributed by atoms with Crippen molar-refractivity contribution in [3.05, 3.63) is 47.2 Å². The van der Waals surface area contributed by atoms with E-state index in [9.17, 15) is 4.79 Å². The Balaban J connectivity index is 1.54. The largest absolute Gasteiger partial charge is 0.468 e. The maximum atomic E-state index is 13.0. The molecule has 0 spiro atoms. The second kappa shape index (κ2) is 7.75. The minimum atomic E-state index is -0.108. The van der Waals surface area contributed by atoms with Crippen LogP contribution in [0.3, 0.4) is 0 Å². The number of carbonyl (C=O) groups excluding carboxylic acids is 1. The summed E-state index contributed by atoms with van der Waals surface area (Å²) < 4.78 is 7.42. The van der Waals surface area contributed by atoms with Crippen molar-refractivity contribution in [2.24, 2.45) is 7.05 Å². The van der Waals surface area contributed by atoms with E-state index >= 15 is 0 Å². The van der Waals surface area contributed by atoms with Crippen LogP contribution in [0.2, 0.25) is 0 Å². The van der Waals surface area contributed by atoms with Gasteiger partial charge >= 0.3 is 0 Å². The zero-order valence-corrected chi connectivity index (χ0v) is 16.7. The average molecular weight is 381 g/mol. The lowest BCUT2D eigenvalue weighted by atomic mass is 10.1. The number of aryl methyl sites for hydroxylation is 3. The van der Waals surface area contributed by atoms with E-state index < -0.39 is 0 Å². The SMILES string of the molecule is Cc1nc2c(cc1C(=O)NCC(c1ccco1)N1CCCCC1)c(C)nn2C. The van der Waals surface area contributed by atoms with E-state index in [1.54, 1.807) is 10.9 Å². The highest BCUT2D eigenvalue weighted by molar-refractivity contribution is 5.98. The van der Waals surface area contributed by atoms with Gasteiger partial charge in [0.1, 0.15) is 5.76 Å².